The average Bonchev–Trinajstić information content (AvgIpc) is 2.77. The van der Waals surface area contributed by atoms with Gasteiger partial charge in [0, 0.05) is 5.69 Å². The number of nitrogens with one attached hydrogen (secondary N) is 3. The third kappa shape index (κ3) is 6.14. The van der Waals surface area contributed by atoms with Crippen LogP contribution in [0.2, 0.25) is 10.0 Å². The molecule has 0 bridgehead atoms. The van der Waals surface area contributed by atoms with E-state index in [0.29, 0.717) is 10.7 Å². The maximum absolute atomic E-state index is 12.5. The summed E-state index contributed by atoms with van der Waals surface area (Å²) in [5, 5.41) is 7.68. The number of halogens is 2. The van der Waals surface area contributed by atoms with Gasteiger partial charge in [0.05, 0.1) is 40.2 Å². The van der Waals surface area contributed by atoms with Crippen molar-refractivity contribution in [2.45, 2.75) is 0 Å². The summed E-state index contributed by atoms with van der Waals surface area (Å²) in [6.07, 6.45) is 2.74. The predicted octanol–water partition coefficient (Wildman–Crippen LogP) is 3.43. The highest BCUT2D eigenvalue weighted by Gasteiger charge is 2.16. The van der Waals surface area contributed by atoms with Gasteiger partial charge in [0.15, 0.2) is 0 Å². The van der Waals surface area contributed by atoms with Crippen molar-refractivity contribution < 1.29 is 19.1 Å². The number of urea groups is 1. The molecule has 0 atom stereocenters. The molecule has 5 N–H and O–H groups in total. The number of benzene rings is 2. The minimum atomic E-state index is -0.805. The van der Waals surface area contributed by atoms with Crippen molar-refractivity contribution in [1.82, 2.24) is 15.3 Å². The van der Waals surface area contributed by atoms with Crippen LogP contribution in [0.1, 0.15) is 10.4 Å². The van der Waals surface area contributed by atoms with Crippen LogP contribution < -0.4 is 26.4 Å². The van der Waals surface area contributed by atoms with Crippen LogP contribution in [0.5, 0.6) is 11.8 Å². The molecule has 3 rings (SSSR count). The molecule has 164 valence electrons. The molecule has 12 heteroatoms. The number of rotatable bonds is 6. The molecule has 0 radical (unpaired) electrons. The molecule has 3 aromatic rings. The van der Waals surface area contributed by atoms with Crippen LogP contribution in [0.15, 0.2) is 54.9 Å². The van der Waals surface area contributed by atoms with Gasteiger partial charge in [-0.05, 0) is 30.3 Å². The third-order valence-electron chi connectivity index (χ3n) is 3.85. The summed E-state index contributed by atoms with van der Waals surface area (Å²) < 4.78 is 5.46. The number of hydrogen-bond acceptors (Lipinski definition) is 7. The van der Waals surface area contributed by atoms with E-state index >= 15 is 0 Å². The number of anilines is 2. The Morgan fingerprint density at radius 3 is 2.41 bits per heavy atom. The van der Waals surface area contributed by atoms with Gasteiger partial charge in [-0.1, -0.05) is 35.3 Å². The van der Waals surface area contributed by atoms with Gasteiger partial charge in [0.25, 0.3) is 5.91 Å². The number of aromatic nitrogens is 2. The first-order valence-corrected chi connectivity index (χ1v) is 9.77. The summed E-state index contributed by atoms with van der Waals surface area (Å²) in [6.45, 7) is -0.249. The Morgan fingerprint density at radius 2 is 1.72 bits per heavy atom. The SMILES string of the molecule is NCC(=O)Nc1ccccc1C(=O)NC(=O)Nc1ccc(Oc2ncc(Cl)cn2)c(Cl)c1. The number of carbonyl (C=O) groups is 3. The maximum atomic E-state index is 12.5. The molecule has 0 saturated heterocycles. The zero-order valence-electron chi connectivity index (χ0n) is 16.3. The lowest BCUT2D eigenvalue weighted by Gasteiger charge is -2.12. The number of hydrogen-bond donors (Lipinski definition) is 4. The molecule has 0 saturated carbocycles. The zero-order valence-corrected chi connectivity index (χ0v) is 17.8. The van der Waals surface area contributed by atoms with E-state index in [-0.39, 0.29) is 34.6 Å². The first-order chi connectivity index (χ1) is 15.4. The lowest BCUT2D eigenvalue weighted by atomic mass is 10.1. The molecule has 1 heterocycles. The van der Waals surface area contributed by atoms with Gasteiger partial charge in [-0.15, -0.1) is 0 Å². The topological polar surface area (TPSA) is 148 Å². The highest BCUT2D eigenvalue weighted by Crippen LogP contribution is 2.30. The van der Waals surface area contributed by atoms with Crippen LogP contribution >= 0.6 is 23.2 Å². The number of nitrogens with two attached hydrogens (primary N) is 1. The van der Waals surface area contributed by atoms with E-state index in [1.807, 2.05) is 0 Å². The van der Waals surface area contributed by atoms with Crippen molar-refractivity contribution in [3.05, 3.63) is 70.5 Å². The van der Waals surface area contributed by atoms with Gasteiger partial charge in [0.2, 0.25) is 5.91 Å². The largest absolute Gasteiger partial charge is 0.423 e. The van der Waals surface area contributed by atoms with Crippen molar-refractivity contribution in [1.29, 1.82) is 0 Å². The molecule has 1 aromatic heterocycles. The van der Waals surface area contributed by atoms with Gasteiger partial charge < -0.3 is 21.1 Å². The smallest absolute Gasteiger partial charge is 0.326 e. The second-order valence-corrected chi connectivity index (χ2v) is 6.98. The zero-order chi connectivity index (χ0) is 23.1. The Bertz CT molecular complexity index is 1160. The highest BCUT2D eigenvalue weighted by molar-refractivity contribution is 6.32. The molecule has 4 amide bonds. The fourth-order valence-electron chi connectivity index (χ4n) is 2.44. The van der Waals surface area contributed by atoms with Gasteiger partial charge in [-0.2, -0.15) is 0 Å². The van der Waals surface area contributed by atoms with Crippen LogP contribution in [-0.4, -0.2) is 34.4 Å². The molecule has 0 unspecified atom stereocenters. The first kappa shape index (κ1) is 22.9. The Kier molecular flexibility index (Phi) is 7.55. The summed E-state index contributed by atoms with van der Waals surface area (Å²) in [4.78, 5) is 44.0. The second kappa shape index (κ2) is 10.5. The van der Waals surface area contributed by atoms with E-state index in [4.69, 9.17) is 33.7 Å². The van der Waals surface area contributed by atoms with Crippen LogP contribution in [0.4, 0.5) is 16.2 Å². The molecule has 10 nitrogen and oxygen atoms in total. The minimum absolute atomic E-state index is 0.0424. The van der Waals surface area contributed by atoms with Crippen molar-refractivity contribution in [3.63, 3.8) is 0 Å². The summed E-state index contributed by atoms with van der Waals surface area (Å²) >= 11 is 11.9. The monoisotopic (exact) mass is 474 g/mol. The molecular formula is C20H16Cl2N6O4. The fourth-order valence-corrected chi connectivity index (χ4v) is 2.75. The Labute approximate surface area is 192 Å². The third-order valence-corrected chi connectivity index (χ3v) is 4.34. The van der Waals surface area contributed by atoms with E-state index in [9.17, 15) is 14.4 Å². The van der Waals surface area contributed by atoms with Crippen molar-refractivity contribution in [3.8, 4) is 11.8 Å². The molecule has 0 fully saturated rings. The number of carbonyl (C=O) groups excluding carboxylic acids is 3. The summed E-state index contributed by atoms with van der Waals surface area (Å²) in [6, 6.07) is 9.86. The van der Waals surface area contributed by atoms with Crippen molar-refractivity contribution >= 4 is 52.4 Å². The summed E-state index contributed by atoms with van der Waals surface area (Å²) in [5.41, 5.74) is 5.89. The number of amides is 4. The van der Waals surface area contributed by atoms with Crippen LogP contribution in [0.3, 0.4) is 0 Å². The average molecular weight is 475 g/mol. The van der Waals surface area contributed by atoms with E-state index in [1.165, 1.54) is 42.7 Å². The molecule has 32 heavy (non-hydrogen) atoms. The molecule has 0 spiro atoms. The first-order valence-electron chi connectivity index (χ1n) is 9.02. The minimum Gasteiger partial charge on any atom is -0.423 e. The fraction of sp³-hybridized carbons (Fsp3) is 0.0500. The van der Waals surface area contributed by atoms with Crippen molar-refractivity contribution in [2.24, 2.45) is 5.73 Å². The van der Waals surface area contributed by atoms with E-state index in [0.717, 1.165) is 0 Å². The van der Waals surface area contributed by atoms with E-state index in [1.54, 1.807) is 12.1 Å². The van der Waals surface area contributed by atoms with Crippen LogP contribution in [0.25, 0.3) is 0 Å². The van der Waals surface area contributed by atoms with E-state index in [2.05, 4.69) is 25.9 Å². The Balaban J connectivity index is 1.64. The maximum Gasteiger partial charge on any atom is 0.326 e. The summed E-state index contributed by atoms with van der Waals surface area (Å²) in [5.74, 6) is -0.947. The number of ether oxygens (including phenoxy) is 1. The normalized spacial score (nSPS) is 10.2. The Morgan fingerprint density at radius 1 is 1.00 bits per heavy atom. The summed E-state index contributed by atoms with van der Waals surface area (Å²) in [7, 11) is 0. The quantitative estimate of drug-likeness (QED) is 0.427. The molecule has 0 aliphatic heterocycles. The molecular weight excluding hydrogens is 459 g/mol. The lowest BCUT2D eigenvalue weighted by molar-refractivity contribution is -0.114. The van der Waals surface area contributed by atoms with Gasteiger partial charge in [0.1, 0.15) is 5.75 Å². The number of imide groups is 1. The lowest BCUT2D eigenvalue weighted by Crippen LogP contribution is -2.35. The molecule has 0 aliphatic rings. The molecule has 2 aromatic carbocycles. The molecule has 0 aliphatic carbocycles. The highest BCUT2D eigenvalue weighted by atomic mass is 35.5. The van der Waals surface area contributed by atoms with E-state index < -0.39 is 17.8 Å². The number of para-hydroxylation sites is 1. The standard InChI is InChI=1S/C20H16Cl2N6O4/c21-11-9-24-20(25-10-11)32-16-6-5-12(7-14(16)22)26-19(31)28-18(30)13-3-1-2-4-15(13)27-17(29)8-23/h1-7,9-10H,8,23H2,(H,27,29)(H2,26,28,30,31). The van der Waals surface area contributed by atoms with Crippen LogP contribution in [-0.2, 0) is 4.79 Å². The van der Waals surface area contributed by atoms with Gasteiger partial charge >= 0.3 is 12.0 Å². The second-order valence-electron chi connectivity index (χ2n) is 6.14. The van der Waals surface area contributed by atoms with Crippen LogP contribution in [0, 0.1) is 0 Å². The predicted molar refractivity (Wildman–Crippen MR) is 119 cm³/mol. The Hall–Kier alpha value is -3.73. The van der Waals surface area contributed by atoms with Gasteiger partial charge in [-0.25, -0.2) is 14.8 Å². The number of nitrogens with zero attached hydrogens (tertiary/aromatic N) is 2. The van der Waals surface area contributed by atoms with Gasteiger partial charge in [-0.3, -0.25) is 14.9 Å². The van der Waals surface area contributed by atoms with Crippen molar-refractivity contribution in [2.75, 3.05) is 17.2 Å².